The topological polar surface area (TPSA) is 41.1 Å². The van der Waals surface area contributed by atoms with E-state index in [1.807, 2.05) is 0 Å². The predicted molar refractivity (Wildman–Crippen MR) is 71.3 cm³/mol. The SMILES string of the molecule is Cc1cc(C(C)NC(=O)C2CCNC2)c(C)s1. The molecule has 17 heavy (non-hydrogen) atoms. The highest BCUT2D eigenvalue weighted by Crippen LogP contribution is 2.26. The molecule has 2 heterocycles. The third-order valence-corrected chi connectivity index (χ3v) is 4.32. The van der Waals surface area contributed by atoms with Gasteiger partial charge in [-0.2, -0.15) is 0 Å². The standard InChI is InChI=1S/C13H20N2OS/c1-8-6-12(10(3)17-8)9(2)15-13(16)11-4-5-14-7-11/h6,9,11,14H,4-5,7H2,1-3H3,(H,15,16). The summed E-state index contributed by atoms with van der Waals surface area (Å²) < 4.78 is 0. The molecule has 94 valence electrons. The molecule has 1 saturated heterocycles. The molecule has 2 atom stereocenters. The van der Waals surface area contributed by atoms with Crippen molar-refractivity contribution in [2.45, 2.75) is 33.2 Å². The van der Waals surface area contributed by atoms with Crippen LogP contribution in [0.5, 0.6) is 0 Å². The number of carbonyl (C=O) groups excluding carboxylic acids is 1. The Bertz CT molecular complexity index is 408. The van der Waals surface area contributed by atoms with E-state index in [2.05, 4.69) is 37.5 Å². The molecule has 0 aliphatic carbocycles. The Morgan fingerprint density at radius 2 is 2.35 bits per heavy atom. The van der Waals surface area contributed by atoms with Crippen LogP contribution in [0.1, 0.15) is 34.7 Å². The van der Waals surface area contributed by atoms with Gasteiger partial charge < -0.3 is 10.6 Å². The first-order valence-corrected chi connectivity index (χ1v) is 6.97. The van der Waals surface area contributed by atoms with Gasteiger partial charge in [0.1, 0.15) is 0 Å². The zero-order valence-electron chi connectivity index (χ0n) is 10.7. The van der Waals surface area contributed by atoms with Crippen LogP contribution in [0.15, 0.2) is 6.07 Å². The first kappa shape index (κ1) is 12.6. The van der Waals surface area contributed by atoms with Crippen LogP contribution in [0.4, 0.5) is 0 Å². The van der Waals surface area contributed by atoms with Gasteiger partial charge in [0.2, 0.25) is 5.91 Å². The number of thiophene rings is 1. The van der Waals surface area contributed by atoms with Crippen LogP contribution in [0.25, 0.3) is 0 Å². The van der Waals surface area contributed by atoms with E-state index in [0.29, 0.717) is 0 Å². The summed E-state index contributed by atoms with van der Waals surface area (Å²) in [6, 6.07) is 2.30. The summed E-state index contributed by atoms with van der Waals surface area (Å²) in [7, 11) is 0. The van der Waals surface area contributed by atoms with Crippen molar-refractivity contribution < 1.29 is 4.79 Å². The number of nitrogens with one attached hydrogen (secondary N) is 2. The summed E-state index contributed by atoms with van der Waals surface area (Å²) in [6.45, 7) is 8.07. The number of carbonyl (C=O) groups is 1. The maximum atomic E-state index is 12.0. The Hall–Kier alpha value is -0.870. The molecule has 0 radical (unpaired) electrons. The average Bonchev–Trinajstić information content (AvgIpc) is 2.87. The molecule has 0 spiro atoms. The van der Waals surface area contributed by atoms with Crippen LogP contribution in [0, 0.1) is 19.8 Å². The van der Waals surface area contributed by atoms with E-state index >= 15 is 0 Å². The van der Waals surface area contributed by atoms with E-state index in [4.69, 9.17) is 0 Å². The second kappa shape index (κ2) is 5.19. The summed E-state index contributed by atoms with van der Waals surface area (Å²) in [5.41, 5.74) is 1.26. The van der Waals surface area contributed by atoms with E-state index in [9.17, 15) is 4.79 Å². The Labute approximate surface area is 107 Å². The van der Waals surface area contributed by atoms with E-state index in [0.717, 1.165) is 19.5 Å². The van der Waals surface area contributed by atoms with E-state index < -0.39 is 0 Å². The molecule has 1 amide bonds. The molecule has 1 aromatic rings. The van der Waals surface area contributed by atoms with Crippen molar-refractivity contribution in [1.82, 2.24) is 10.6 Å². The van der Waals surface area contributed by atoms with E-state index in [-0.39, 0.29) is 17.9 Å². The lowest BCUT2D eigenvalue weighted by molar-refractivity contribution is -0.125. The van der Waals surface area contributed by atoms with Crippen molar-refractivity contribution in [2.75, 3.05) is 13.1 Å². The fourth-order valence-corrected chi connectivity index (χ4v) is 3.39. The smallest absolute Gasteiger partial charge is 0.224 e. The number of hydrogen-bond donors (Lipinski definition) is 2. The molecule has 2 unspecified atom stereocenters. The normalized spacial score (nSPS) is 21.5. The first-order valence-electron chi connectivity index (χ1n) is 6.16. The Kier molecular flexibility index (Phi) is 3.84. The lowest BCUT2D eigenvalue weighted by Crippen LogP contribution is -2.33. The summed E-state index contributed by atoms with van der Waals surface area (Å²) in [5.74, 6) is 0.336. The van der Waals surface area contributed by atoms with Crippen LogP contribution in [-0.4, -0.2) is 19.0 Å². The number of hydrogen-bond acceptors (Lipinski definition) is 3. The van der Waals surface area contributed by atoms with Crippen molar-refractivity contribution in [3.8, 4) is 0 Å². The molecule has 0 saturated carbocycles. The summed E-state index contributed by atoms with van der Waals surface area (Å²) in [5, 5.41) is 6.34. The van der Waals surface area contributed by atoms with Crippen molar-refractivity contribution in [1.29, 1.82) is 0 Å². The monoisotopic (exact) mass is 252 g/mol. The molecule has 0 bridgehead atoms. The van der Waals surface area contributed by atoms with Crippen molar-refractivity contribution in [3.05, 3.63) is 21.4 Å². The minimum atomic E-state index is 0.119. The lowest BCUT2D eigenvalue weighted by Gasteiger charge is -2.16. The van der Waals surface area contributed by atoms with Crippen molar-refractivity contribution >= 4 is 17.2 Å². The van der Waals surface area contributed by atoms with Crippen LogP contribution in [-0.2, 0) is 4.79 Å². The van der Waals surface area contributed by atoms with Crippen LogP contribution < -0.4 is 10.6 Å². The third-order valence-electron chi connectivity index (χ3n) is 3.34. The van der Waals surface area contributed by atoms with Gasteiger partial charge in [-0.1, -0.05) is 0 Å². The van der Waals surface area contributed by atoms with Gasteiger partial charge >= 0.3 is 0 Å². The molecule has 3 nitrogen and oxygen atoms in total. The van der Waals surface area contributed by atoms with Crippen molar-refractivity contribution in [3.63, 3.8) is 0 Å². The van der Waals surface area contributed by atoms with Crippen LogP contribution >= 0.6 is 11.3 Å². The predicted octanol–water partition coefficient (Wildman–Crippen LogP) is 2.15. The highest BCUT2D eigenvalue weighted by atomic mass is 32.1. The maximum absolute atomic E-state index is 12.0. The van der Waals surface area contributed by atoms with Crippen LogP contribution in [0.2, 0.25) is 0 Å². The molecule has 2 N–H and O–H groups in total. The van der Waals surface area contributed by atoms with Gasteiger partial charge in [-0.15, -0.1) is 11.3 Å². The minimum Gasteiger partial charge on any atom is -0.349 e. The molecular formula is C13H20N2OS. The Morgan fingerprint density at radius 3 is 2.88 bits per heavy atom. The number of rotatable bonds is 3. The summed E-state index contributed by atoms with van der Waals surface area (Å²) in [6.07, 6.45) is 0.959. The number of aryl methyl sites for hydroxylation is 2. The zero-order valence-corrected chi connectivity index (χ0v) is 11.5. The second-order valence-electron chi connectivity index (χ2n) is 4.79. The molecular weight excluding hydrogens is 232 g/mol. The molecule has 0 aromatic carbocycles. The van der Waals surface area contributed by atoms with Gasteiger partial charge in [0, 0.05) is 16.3 Å². The fourth-order valence-electron chi connectivity index (χ4n) is 2.37. The molecule has 2 rings (SSSR count). The lowest BCUT2D eigenvalue weighted by atomic mass is 10.1. The van der Waals surface area contributed by atoms with Crippen LogP contribution in [0.3, 0.4) is 0 Å². The maximum Gasteiger partial charge on any atom is 0.224 e. The van der Waals surface area contributed by atoms with Gasteiger partial charge in [0.25, 0.3) is 0 Å². The minimum absolute atomic E-state index is 0.119. The summed E-state index contributed by atoms with van der Waals surface area (Å²) >= 11 is 1.79. The van der Waals surface area contributed by atoms with E-state index in [1.165, 1.54) is 15.3 Å². The molecule has 1 aliphatic heterocycles. The molecule has 1 fully saturated rings. The highest BCUT2D eigenvalue weighted by Gasteiger charge is 2.24. The largest absolute Gasteiger partial charge is 0.349 e. The fraction of sp³-hybridized carbons (Fsp3) is 0.615. The Morgan fingerprint density at radius 1 is 1.59 bits per heavy atom. The average molecular weight is 252 g/mol. The number of amides is 1. The summed E-state index contributed by atoms with van der Waals surface area (Å²) in [4.78, 5) is 14.6. The van der Waals surface area contributed by atoms with Gasteiger partial charge in [-0.05, 0) is 45.4 Å². The molecule has 4 heteroatoms. The van der Waals surface area contributed by atoms with Crippen molar-refractivity contribution in [2.24, 2.45) is 5.92 Å². The molecule has 1 aromatic heterocycles. The zero-order chi connectivity index (χ0) is 12.4. The Balaban J connectivity index is 1.98. The van der Waals surface area contributed by atoms with E-state index in [1.54, 1.807) is 11.3 Å². The highest BCUT2D eigenvalue weighted by molar-refractivity contribution is 7.12. The van der Waals surface area contributed by atoms with Gasteiger partial charge in [0.05, 0.1) is 12.0 Å². The van der Waals surface area contributed by atoms with Gasteiger partial charge in [-0.3, -0.25) is 4.79 Å². The first-order chi connectivity index (χ1) is 8.08. The third kappa shape index (κ3) is 2.87. The van der Waals surface area contributed by atoms with Gasteiger partial charge in [0.15, 0.2) is 0 Å². The van der Waals surface area contributed by atoms with Gasteiger partial charge in [-0.25, -0.2) is 0 Å². The second-order valence-corrected chi connectivity index (χ2v) is 6.25. The molecule has 1 aliphatic rings. The quantitative estimate of drug-likeness (QED) is 0.865.